The number of nitrogens with one attached hydrogen (secondary N) is 2. The van der Waals surface area contributed by atoms with Crippen molar-refractivity contribution in [2.45, 2.75) is 24.6 Å². The van der Waals surface area contributed by atoms with Gasteiger partial charge in [-0.3, -0.25) is 0 Å². The van der Waals surface area contributed by atoms with Gasteiger partial charge in [0.1, 0.15) is 46.3 Å². The Balaban J connectivity index is 1.19. The van der Waals surface area contributed by atoms with Crippen LogP contribution in [0.1, 0.15) is 46.4 Å². The summed E-state index contributed by atoms with van der Waals surface area (Å²) in [4.78, 5) is 7.82. The van der Waals surface area contributed by atoms with Crippen LogP contribution in [0.2, 0.25) is 0 Å². The number of benzene rings is 4. The lowest BCUT2D eigenvalue weighted by Crippen LogP contribution is -2.19. The second-order valence-corrected chi connectivity index (χ2v) is 13.4. The van der Waals surface area contributed by atoms with E-state index in [1.807, 2.05) is 24.3 Å². The first-order valence-electron chi connectivity index (χ1n) is 17.6. The Kier molecular flexibility index (Phi) is 8.23. The number of rotatable bonds is 8. The maximum atomic E-state index is 14.6. The maximum absolute atomic E-state index is 14.6. The third kappa shape index (κ3) is 6.55. The number of H-pyrrole nitrogens is 2. The minimum absolute atomic E-state index is 0.0907. The van der Waals surface area contributed by atoms with E-state index in [0.29, 0.717) is 33.8 Å². The molecule has 0 spiro atoms. The van der Waals surface area contributed by atoms with Gasteiger partial charge in [0, 0.05) is 43.8 Å². The summed E-state index contributed by atoms with van der Waals surface area (Å²) < 4.78 is 106. The Morgan fingerprint density at radius 3 is 1.36 bits per heavy atom. The van der Waals surface area contributed by atoms with Crippen molar-refractivity contribution in [2.24, 2.45) is 0 Å². The molecule has 0 aliphatic heterocycles. The second-order valence-electron chi connectivity index (χ2n) is 13.4. The van der Waals surface area contributed by atoms with Crippen LogP contribution in [0.4, 0.5) is 26.3 Å². The molecule has 0 fully saturated rings. The Bertz CT molecular complexity index is 2880. The molecule has 19 heteroatoms. The molecule has 4 aromatic carbocycles. The minimum atomic E-state index is -4.94. The zero-order chi connectivity index (χ0) is 40.5. The lowest BCUT2D eigenvalue weighted by Gasteiger charge is -2.25. The number of ether oxygens (including phenoxy) is 1. The molecule has 2 unspecified atom stereocenters. The van der Waals surface area contributed by atoms with Crippen molar-refractivity contribution < 1.29 is 39.9 Å². The van der Waals surface area contributed by atoms with Crippen LogP contribution in [0.5, 0.6) is 0 Å². The number of aromatic amines is 2. The lowest BCUT2D eigenvalue weighted by molar-refractivity contribution is -0.141. The fourth-order valence-electron chi connectivity index (χ4n) is 7.03. The molecule has 0 radical (unpaired) electrons. The first-order chi connectivity index (χ1) is 28.5. The minimum Gasteiger partial charge on any atom is -0.456 e. The maximum Gasteiger partial charge on any atom is 0.433 e. The van der Waals surface area contributed by atoms with Crippen LogP contribution < -0.4 is 0 Å². The number of furan rings is 2. The van der Waals surface area contributed by atoms with Crippen molar-refractivity contribution >= 4 is 43.7 Å². The molecule has 0 aliphatic carbocycles. The average molecular weight is 805 g/mol. The topological polar surface area (TPSA) is 170 Å². The largest absolute Gasteiger partial charge is 0.456 e. The number of alkyl halides is 6. The zero-order valence-electron chi connectivity index (χ0n) is 29.6. The summed E-state index contributed by atoms with van der Waals surface area (Å²) in [5.41, 5.74) is -0.953. The summed E-state index contributed by atoms with van der Waals surface area (Å²) in [7, 11) is 0. The normalized spacial score (nSPS) is 13.5. The summed E-state index contributed by atoms with van der Waals surface area (Å²) in [6.07, 6.45) is -13.2. The van der Waals surface area contributed by atoms with Crippen LogP contribution in [0, 0.1) is 0 Å². The summed E-state index contributed by atoms with van der Waals surface area (Å²) in [6.45, 7) is 0. The predicted molar refractivity (Wildman–Crippen MR) is 197 cm³/mol. The van der Waals surface area contributed by atoms with Gasteiger partial charge in [0.25, 0.3) is 0 Å². The van der Waals surface area contributed by atoms with E-state index in [-0.39, 0.29) is 44.6 Å². The van der Waals surface area contributed by atoms with Crippen LogP contribution in [-0.2, 0) is 17.1 Å². The summed E-state index contributed by atoms with van der Waals surface area (Å²) >= 11 is 0. The van der Waals surface area contributed by atoms with Gasteiger partial charge in [0.15, 0.2) is 0 Å². The first kappa shape index (κ1) is 35.8. The van der Waals surface area contributed by atoms with Crippen molar-refractivity contribution in [3.05, 3.63) is 143 Å². The van der Waals surface area contributed by atoms with Crippen LogP contribution in [-0.4, -0.2) is 51.2 Å². The van der Waals surface area contributed by atoms with Gasteiger partial charge in [-0.25, -0.2) is 9.97 Å². The van der Waals surface area contributed by atoms with Crippen molar-refractivity contribution in [3.8, 4) is 22.6 Å². The standard InChI is InChI=1S/C40H22F6N10O3/c41-39(42,43)33-17-25(23-13-21(9-11-27(23)47-33)31-15-19-5-1-3-7-29(19)57-31)35(37-49-53-54-50-37)59-36(38-51-55-56-52-38)26-18-34(40(44,45)46)48-28-12-10-22(14-24(26)28)32-16-20-6-2-4-8-30(20)58-32/h1-18,35-36H,(H,49,50,53,54)(H,51,52,55,56). The molecule has 6 aromatic heterocycles. The Morgan fingerprint density at radius 2 is 0.966 bits per heavy atom. The molecule has 0 bridgehead atoms. The Labute approximate surface area is 325 Å². The fraction of sp³-hybridized carbons (Fsp3) is 0.100. The predicted octanol–water partition coefficient (Wildman–Crippen LogP) is 9.57. The van der Waals surface area contributed by atoms with Crippen LogP contribution in [0.25, 0.3) is 66.4 Å². The highest BCUT2D eigenvalue weighted by Gasteiger charge is 2.39. The van der Waals surface area contributed by atoms with E-state index in [4.69, 9.17) is 13.6 Å². The Morgan fingerprint density at radius 1 is 0.525 bits per heavy atom. The van der Waals surface area contributed by atoms with Crippen molar-refractivity contribution in [1.29, 1.82) is 0 Å². The molecule has 0 saturated heterocycles. The van der Waals surface area contributed by atoms with E-state index >= 15 is 0 Å². The molecule has 2 N–H and O–H groups in total. The van der Waals surface area contributed by atoms with Gasteiger partial charge in [0.2, 0.25) is 11.6 Å². The molecule has 59 heavy (non-hydrogen) atoms. The van der Waals surface area contributed by atoms with Crippen LogP contribution in [0.3, 0.4) is 0 Å². The third-order valence-electron chi connectivity index (χ3n) is 9.71. The number of fused-ring (bicyclic) bond motifs is 4. The second kappa shape index (κ2) is 13.5. The Hall–Kier alpha value is -7.54. The van der Waals surface area contributed by atoms with Crippen molar-refractivity contribution in [2.75, 3.05) is 0 Å². The highest BCUT2D eigenvalue weighted by atomic mass is 19.4. The molecule has 292 valence electrons. The van der Waals surface area contributed by atoms with Crippen molar-refractivity contribution in [3.63, 3.8) is 0 Å². The summed E-state index contributed by atoms with van der Waals surface area (Å²) in [5, 5.41) is 29.9. The van der Waals surface area contributed by atoms with E-state index in [0.717, 1.165) is 22.9 Å². The van der Waals surface area contributed by atoms with E-state index in [1.54, 1.807) is 60.7 Å². The number of halogens is 6. The molecule has 0 aliphatic rings. The van der Waals surface area contributed by atoms with Gasteiger partial charge in [-0.15, -0.1) is 20.4 Å². The van der Waals surface area contributed by atoms with E-state index < -0.39 is 35.9 Å². The molecule has 2 atom stereocenters. The van der Waals surface area contributed by atoms with Gasteiger partial charge < -0.3 is 13.6 Å². The molecule has 0 amide bonds. The summed E-state index contributed by atoms with van der Waals surface area (Å²) in [6, 6.07) is 28.6. The fourth-order valence-corrected chi connectivity index (χ4v) is 7.03. The number of pyridine rings is 2. The lowest BCUT2D eigenvalue weighted by atomic mass is 9.97. The van der Waals surface area contributed by atoms with Gasteiger partial charge in [-0.1, -0.05) is 46.8 Å². The monoisotopic (exact) mass is 804 g/mol. The molecule has 13 nitrogen and oxygen atoms in total. The van der Waals surface area contributed by atoms with Crippen molar-refractivity contribution in [1.82, 2.24) is 51.2 Å². The number of hydrogen-bond acceptors (Lipinski definition) is 11. The van der Waals surface area contributed by atoms with Crippen LogP contribution in [0.15, 0.2) is 118 Å². The van der Waals surface area contributed by atoms with Gasteiger partial charge >= 0.3 is 12.4 Å². The first-order valence-corrected chi connectivity index (χ1v) is 17.6. The number of tetrazole rings is 2. The number of aromatic nitrogens is 10. The number of hydrogen-bond donors (Lipinski definition) is 2. The smallest absolute Gasteiger partial charge is 0.433 e. The number of para-hydroxylation sites is 2. The van der Waals surface area contributed by atoms with Crippen LogP contribution >= 0.6 is 0 Å². The highest BCUT2D eigenvalue weighted by Crippen LogP contribution is 2.43. The average Bonchev–Trinajstić information content (AvgIpc) is 4.07. The highest BCUT2D eigenvalue weighted by molar-refractivity contribution is 5.91. The van der Waals surface area contributed by atoms with E-state index in [1.165, 1.54) is 12.1 Å². The quantitative estimate of drug-likeness (QED) is 0.140. The summed E-state index contributed by atoms with van der Waals surface area (Å²) in [5.74, 6) is 0.268. The zero-order valence-corrected chi connectivity index (χ0v) is 29.6. The number of nitrogens with zero attached hydrogens (tertiary/aromatic N) is 8. The van der Waals surface area contributed by atoms with E-state index in [9.17, 15) is 26.3 Å². The van der Waals surface area contributed by atoms with Gasteiger partial charge in [-0.05, 0) is 72.8 Å². The molecule has 6 heterocycles. The molecular weight excluding hydrogens is 782 g/mol. The van der Waals surface area contributed by atoms with Gasteiger partial charge in [-0.2, -0.15) is 36.8 Å². The molecule has 10 aromatic rings. The molecule has 10 rings (SSSR count). The van der Waals surface area contributed by atoms with E-state index in [2.05, 4.69) is 51.2 Å². The third-order valence-corrected chi connectivity index (χ3v) is 9.71. The van der Waals surface area contributed by atoms with Gasteiger partial charge in [0.05, 0.1) is 11.0 Å². The molecule has 0 saturated carbocycles. The molecular formula is C40H22F6N10O3. The SMILES string of the molecule is FC(F)(F)c1cc(C(OC(c2nn[nH]n2)c2cc(C(F)(F)F)nc3ccc(-c4cc5ccccc5o4)cc23)c2nn[nH]n2)c2cc(-c3cc4ccccc4o3)ccc2n1.